The molecule has 1 aliphatic heterocycles. The van der Waals surface area contributed by atoms with Crippen LogP contribution in [0.3, 0.4) is 0 Å². The molecule has 0 saturated heterocycles. The highest BCUT2D eigenvalue weighted by Crippen LogP contribution is 2.30. The molecule has 5 nitrogen and oxygen atoms in total. The van der Waals surface area contributed by atoms with Gasteiger partial charge in [-0.2, -0.15) is 0 Å². The van der Waals surface area contributed by atoms with E-state index in [9.17, 15) is 4.79 Å². The molecule has 0 saturated carbocycles. The molecular formula is C22H22N2O3S. The zero-order valence-electron chi connectivity index (χ0n) is 15.9. The van der Waals surface area contributed by atoms with Crippen LogP contribution < -0.4 is 9.47 Å². The van der Waals surface area contributed by atoms with Gasteiger partial charge in [-0.1, -0.05) is 30.3 Å². The van der Waals surface area contributed by atoms with Crippen LogP contribution in [0.4, 0.5) is 0 Å². The monoisotopic (exact) mass is 394 g/mol. The van der Waals surface area contributed by atoms with Crippen LogP contribution in [0, 0.1) is 0 Å². The largest absolute Gasteiger partial charge is 0.497 e. The number of thiazole rings is 1. The molecule has 0 fully saturated rings. The fourth-order valence-electron chi connectivity index (χ4n) is 3.31. The van der Waals surface area contributed by atoms with E-state index in [0.717, 1.165) is 28.5 Å². The second-order valence-electron chi connectivity index (χ2n) is 6.88. The number of nitrogens with zero attached hydrogens (tertiary/aromatic N) is 2. The lowest BCUT2D eigenvalue weighted by Crippen LogP contribution is -2.36. The molecule has 1 amide bonds. The van der Waals surface area contributed by atoms with Gasteiger partial charge >= 0.3 is 0 Å². The first kappa shape index (κ1) is 18.5. The first-order valence-electron chi connectivity index (χ1n) is 9.23. The Balaban J connectivity index is 1.52. The van der Waals surface area contributed by atoms with Crippen molar-refractivity contribution in [2.24, 2.45) is 0 Å². The number of methoxy groups -OCH3 is 1. The Labute approximate surface area is 168 Å². The number of benzene rings is 2. The summed E-state index contributed by atoms with van der Waals surface area (Å²) in [7, 11) is 1.63. The van der Waals surface area contributed by atoms with Crippen LogP contribution in [-0.2, 0) is 13.0 Å². The van der Waals surface area contributed by atoms with Crippen LogP contribution in [-0.4, -0.2) is 35.5 Å². The average Bonchev–Trinajstić information content (AvgIpc) is 3.09. The average molecular weight is 394 g/mol. The standard InChI is InChI=1S/C22H22N2O3S/c1-15-12-24(13-17-8-9-18(26-2)11-20(17)27-15)22(25)19-14-28-21(23-19)10-16-6-4-3-5-7-16/h3-9,11,14-15H,10,12-13H2,1-2H3. The summed E-state index contributed by atoms with van der Waals surface area (Å²) in [4.78, 5) is 19.5. The van der Waals surface area contributed by atoms with Gasteiger partial charge in [0.05, 0.1) is 18.7 Å². The van der Waals surface area contributed by atoms with Crippen molar-refractivity contribution in [3.63, 3.8) is 0 Å². The molecule has 0 radical (unpaired) electrons. The van der Waals surface area contributed by atoms with Crippen LogP contribution in [0.2, 0.25) is 0 Å². The molecule has 1 aromatic heterocycles. The molecular weight excluding hydrogens is 372 g/mol. The van der Waals surface area contributed by atoms with Gasteiger partial charge in [0, 0.05) is 30.0 Å². The third kappa shape index (κ3) is 4.02. The Morgan fingerprint density at radius 2 is 2.11 bits per heavy atom. The van der Waals surface area contributed by atoms with E-state index in [2.05, 4.69) is 17.1 Å². The predicted molar refractivity (Wildman–Crippen MR) is 109 cm³/mol. The number of fused-ring (bicyclic) bond motifs is 1. The van der Waals surface area contributed by atoms with Crippen molar-refractivity contribution in [2.45, 2.75) is 26.0 Å². The van der Waals surface area contributed by atoms with E-state index in [0.29, 0.717) is 18.8 Å². The predicted octanol–water partition coefficient (Wildman–Crippen LogP) is 4.17. The summed E-state index contributed by atoms with van der Waals surface area (Å²) in [5.41, 5.74) is 2.66. The number of amides is 1. The Hall–Kier alpha value is -2.86. The summed E-state index contributed by atoms with van der Waals surface area (Å²) >= 11 is 1.53. The number of carbonyl (C=O) groups excluding carboxylic acids is 1. The van der Waals surface area contributed by atoms with Crippen LogP contribution in [0.1, 0.15) is 33.5 Å². The first-order chi connectivity index (χ1) is 13.6. The second-order valence-corrected chi connectivity index (χ2v) is 7.82. The Bertz CT molecular complexity index is 971. The second kappa shape index (κ2) is 8.02. The van der Waals surface area contributed by atoms with Gasteiger partial charge in [-0.05, 0) is 24.6 Å². The lowest BCUT2D eigenvalue weighted by molar-refractivity contribution is 0.0685. The molecule has 144 valence electrons. The molecule has 0 aliphatic carbocycles. The minimum absolute atomic E-state index is 0.0605. The molecule has 4 rings (SSSR count). The van der Waals surface area contributed by atoms with Crippen molar-refractivity contribution >= 4 is 17.2 Å². The van der Waals surface area contributed by atoms with Gasteiger partial charge in [0.2, 0.25) is 0 Å². The zero-order chi connectivity index (χ0) is 19.5. The fourth-order valence-corrected chi connectivity index (χ4v) is 4.12. The lowest BCUT2D eigenvalue weighted by atomic mass is 10.1. The number of carbonyl (C=O) groups is 1. The molecule has 2 aromatic carbocycles. The molecule has 1 unspecified atom stereocenters. The highest BCUT2D eigenvalue weighted by Gasteiger charge is 2.26. The van der Waals surface area contributed by atoms with Crippen molar-refractivity contribution in [1.82, 2.24) is 9.88 Å². The van der Waals surface area contributed by atoms with E-state index in [-0.39, 0.29) is 12.0 Å². The highest BCUT2D eigenvalue weighted by molar-refractivity contribution is 7.09. The van der Waals surface area contributed by atoms with Crippen molar-refractivity contribution in [1.29, 1.82) is 0 Å². The molecule has 0 bridgehead atoms. The van der Waals surface area contributed by atoms with Crippen molar-refractivity contribution in [3.05, 3.63) is 75.7 Å². The van der Waals surface area contributed by atoms with E-state index in [1.165, 1.54) is 16.9 Å². The summed E-state index contributed by atoms with van der Waals surface area (Å²) < 4.78 is 11.3. The maximum atomic E-state index is 13.1. The molecule has 3 aromatic rings. The van der Waals surface area contributed by atoms with Crippen LogP contribution >= 0.6 is 11.3 Å². The van der Waals surface area contributed by atoms with Gasteiger partial charge < -0.3 is 14.4 Å². The van der Waals surface area contributed by atoms with E-state index < -0.39 is 0 Å². The normalized spacial score (nSPS) is 16.1. The minimum atomic E-state index is -0.111. The number of ether oxygens (including phenoxy) is 2. The van der Waals surface area contributed by atoms with Gasteiger partial charge in [-0.3, -0.25) is 4.79 Å². The summed E-state index contributed by atoms with van der Waals surface area (Å²) in [5.74, 6) is 1.45. The molecule has 0 spiro atoms. The Morgan fingerprint density at radius 3 is 2.89 bits per heavy atom. The first-order valence-corrected chi connectivity index (χ1v) is 10.1. The number of aromatic nitrogens is 1. The maximum absolute atomic E-state index is 13.1. The van der Waals surface area contributed by atoms with Gasteiger partial charge in [0.1, 0.15) is 23.3 Å². The lowest BCUT2D eigenvalue weighted by Gasteiger charge is -2.21. The maximum Gasteiger partial charge on any atom is 0.273 e. The molecule has 1 atom stereocenters. The van der Waals surface area contributed by atoms with E-state index >= 15 is 0 Å². The van der Waals surface area contributed by atoms with E-state index in [4.69, 9.17) is 9.47 Å². The molecule has 1 aliphatic rings. The third-order valence-electron chi connectivity index (χ3n) is 4.70. The van der Waals surface area contributed by atoms with Crippen LogP contribution in [0.15, 0.2) is 53.9 Å². The summed E-state index contributed by atoms with van der Waals surface area (Å²) in [6.07, 6.45) is 0.626. The number of hydrogen-bond donors (Lipinski definition) is 0. The highest BCUT2D eigenvalue weighted by atomic mass is 32.1. The zero-order valence-corrected chi connectivity index (χ0v) is 16.7. The number of hydrogen-bond acceptors (Lipinski definition) is 5. The SMILES string of the molecule is COc1ccc2c(c1)OC(C)CN(C(=O)c1csc(Cc3ccccc3)n1)C2. The van der Waals surface area contributed by atoms with E-state index in [1.54, 1.807) is 7.11 Å². The summed E-state index contributed by atoms with van der Waals surface area (Å²) in [5, 5.41) is 2.80. The molecule has 0 N–H and O–H groups in total. The molecule has 2 heterocycles. The van der Waals surface area contributed by atoms with Crippen LogP contribution in [0.5, 0.6) is 11.5 Å². The Kier molecular flexibility index (Phi) is 5.30. The summed E-state index contributed by atoms with van der Waals surface area (Å²) in [6, 6.07) is 15.9. The van der Waals surface area contributed by atoms with Crippen molar-refractivity contribution in [2.75, 3.05) is 13.7 Å². The van der Waals surface area contributed by atoms with Crippen molar-refractivity contribution < 1.29 is 14.3 Å². The third-order valence-corrected chi connectivity index (χ3v) is 5.55. The fraction of sp³-hybridized carbons (Fsp3) is 0.273. The molecule has 6 heteroatoms. The number of rotatable bonds is 4. The molecule has 28 heavy (non-hydrogen) atoms. The minimum Gasteiger partial charge on any atom is -0.497 e. The summed E-state index contributed by atoms with van der Waals surface area (Å²) in [6.45, 7) is 2.98. The van der Waals surface area contributed by atoms with E-state index in [1.807, 2.05) is 53.6 Å². The van der Waals surface area contributed by atoms with Gasteiger partial charge in [-0.25, -0.2) is 4.98 Å². The van der Waals surface area contributed by atoms with Gasteiger partial charge in [-0.15, -0.1) is 11.3 Å². The van der Waals surface area contributed by atoms with Gasteiger partial charge in [0.15, 0.2) is 0 Å². The smallest absolute Gasteiger partial charge is 0.273 e. The topological polar surface area (TPSA) is 51.7 Å². The quantitative estimate of drug-likeness (QED) is 0.667. The Morgan fingerprint density at radius 1 is 1.29 bits per heavy atom. The van der Waals surface area contributed by atoms with Crippen molar-refractivity contribution in [3.8, 4) is 11.5 Å². The van der Waals surface area contributed by atoms with Crippen LogP contribution in [0.25, 0.3) is 0 Å². The van der Waals surface area contributed by atoms with Gasteiger partial charge in [0.25, 0.3) is 5.91 Å².